The normalized spacial score (nSPS) is 13.5. The van der Waals surface area contributed by atoms with Crippen molar-refractivity contribution in [3.05, 3.63) is 90.0 Å². The summed E-state index contributed by atoms with van der Waals surface area (Å²) in [5.41, 5.74) is 8.36. The smallest absolute Gasteiger partial charge is 0.326 e. The summed E-state index contributed by atoms with van der Waals surface area (Å²) in [4.78, 5) is 44.2. The van der Waals surface area contributed by atoms with Gasteiger partial charge in [-0.1, -0.05) is 60.7 Å². The van der Waals surface area contributed by atoms with Crippen LogP contribution in [-0.2, 0) is 33.6 Å². The molecule has 3 aromatic rings. The number of amides is 2. The fraction of sp³-hybridized carbons (Fsp3) is 0.250. The Morgan fingerprint density at radius 2 is 1.42 bits per heavy atom. The van der Waals surface area contributed by atoms with Crippen LogP contribution in [0.15, 0.2) is 73.2 Å². The maximum absolute atomic E-state index is 13.1. The van der Waals surface area contributed by atoms with Crippen molar-refractivity contribution in [1.82, 2.24) is 20.6 Å². The number of hydrogen-bond donors (Lipinski definition) is 5. The Kier molecular flexibility index (Phi) is 8.31. The van der Waals surface area contributed by atoms with E-state index in [4.69, 9.17) is 5.73 Å². The molecule has 2 amide bonds. The summed E-state index contributed by atoms with van der Waals surface area (Å²) in [7, 11) is 0. The van der Waals surface area contributed by atoms with Gasteiger partial charge in [-0.15, -0.1) is 0 Å². The van der Waals surface area contributed by atoms with Crippen molar-refractivity contribution >= 4 is 17.8 Å². The van der Waals surface area contributed by atoms with Gasteiger partial charge in [-0.2, -0.15) is 0 Å². The Morgan fingerprint density at radius 1 is 0.848 bits per heavy atom. The first-order chi connectivity index (χ1) is 15.9. The minimum atomic E-state index is -1.19. The first kappa shape index (κ1) is 23.7. The molecule has 0 aliphatic rings. The molecule has 3 rings (SSSR count). The van der Waals surface area contributed by atoms with Gasteiger partial charge in [0.05, 0.1) is 12.4 Å². The summed E-state index contributed by atoms with van der Waals surface area (Å²) >= 11 is 0. The van der Waals surface area contributed by atoms with Gasteiger partial charge in [0.1, 0.15) is 12.1 Å². The van der Waals surface area contributed by atoms with E-state index in [1.165, 1.54) is 12.5 Å². The maximum Gasteiger partial charge on any atom is 0.326 e. The number of imidazole rings is 1. The van der Waals surface area contributed by atoms with E-state index in [0.29, 0.717) is 12.1 Å². The first-order valence-corrected chi connectivity index (χ1v) is 10.6. The first-order valence-electron chi connectivity index (χ1n) is 10.6. The molecule has 9 nitrogen and oxygen atoms in total. The number of hydrogen-bond acceptors (Lipinski definition) is 5. The number of carbonyl (C=O) groups excluding carboxylic acids is 2. The summed E-state index contributed by atoms with van der Waals surface area (Å²) < 4.78 is 0. The Morgan fingerprint density at radius 3 is 1.97 bits per heavy atom. The van der Waals surface area contributed by atoms with Crippen molar-refractivity contribution in [2.24, 2.45) is 5.73 Å². The Labute approximate surface area is 191 Å². The molecule has 0 saturated carbocycles. The van der Waals surface area contributed by atoms with Gasteiger partial charge in [0.2, 0.25) is 11.8 Å². The molecule has 6 N–H and O–H groups in total. The average Bonchev–Trinajstić information content (AvgIpc) is 3.32. The minimum Gasteiger partial charge on any atom is -0.480 e. The van der Waals surface area contributed by atoms with Crippen molar-refractivity contribution in [1.29, 1.82) is 0 Å². The molecular formula is C24H27N5O4. The van der Waals surface area contributed by atoms with E-state index in [2.05, 4.69) is 20.6 Å². The van der Waals surface area contributed by atoms with Gasteiger partial charge < -0.3 is 26.5 Å². The van der Waals surface area contributed by atoms with E-state index in [0.717, 1.165) is 11.1 Å². The van der Waals surface area contributed by atoms with Crippen molar-refractivity contribution in [2.75, 3.05) is 0 Å². The molecule has 0 fully saturated rings. The predicted molar refractivity (Wildman–Crippen MR) is 122 cm³/mol. The highest BCUT2D eigenvalue weighted by atomic mass is 16.4. The molecule has 0 spiro atoms. The van der Waals surface area contributed by atoms with Gasteiger partial charge in [0.15, 0.2) is 0 Å². The number of aliphatic carboxylic acids is 1. The quantitative estimate of drug-likeness (QED) is 0.292. The molecule has 1 aromatic heterocycles. The van der Waals surface area contributed by atoms with Crippen molar-refractivity contribution < 1.29 is 19.5 Å². The number of carboxylic acids is 1. The van der Waals surface area contributed by atoms with Crippen LogP contribution in [0.5, 0.6) is 0 Å². The molecule has 1 heterocycles. The zero-order chi connectivity index (χ0) is 23.6. The lowest BCUT2D eigenvalue weighted by atomic mass is 10.0. The van der Waals surface area contributed by atoms with Gasteiger partial charge in [0.25, 0.3) is 0 Å². The molecule has 172 valence electrons. The number of aromatic amines is 1. The molecule has 2 aromatic carbocycles. The SMILES string of the molecule is N[C@@H](Cc1ccccc1)C(=O)N[C@@H](Cc1ccccc1)C(=O)N[C@@H](Cc1cnc[nH]1)C(=O)O. The molecule has 0 radical (unpaired) electrons. The Balaban J connectivity index is 1.71. The van der Waals surface area contributed by atoms with Crippen LogP contribution < -0.4 is 16.4 Å². The molecule has 3 atom stereocenters. The van der Waals surface area contributed by atoms with Crippen LogP contribution in [0.1, 0.15) is 16.8 Å². The number of aromatic nitrogens is 2. The zero-order valence-corrected chi connectivity index (χ0v) is 18.0. The molecular weight excluding hydrogens is 422 g/mol. The monoisotopic (exact) mass is 449 g/mol. The standard InChI is InChI=1S/C24H27N5O4/c25-19(11-16-7-3-1-4-8-16)22(30)28-20(12-17-9-5-2-6-10-17)23(31)29-21(24(32)33)13-18-14-26-15-27-18/h1-10,14-15,19-21H,11-13,25H2,(H,26,27)(H,28,30)(H,29,31)(H,32,33)/t19-,20-,21-/m0/s1. The van der Waals surface area contributed by atoms with Crippen molar-refractivity contribution in [3.8, 4) is 0 Å². The number of benzene rings is 2. The summed E-state index contributed by atoms with van der Waals surface area (Å²) in [5, 5.41) is 14.8. The molecule has 0 saturated heterocycles. The number of nitrogens with zero attached hydrogens (tertiary/aromatic N) is 1. The number of H-pyrrole nitrogens is 1. The third-order valence-electron chi connectivity index (χ3n) is 5.14. The van der Waals surface area contributed by atoms with E-state index >= 15 is 0 Å². The van der Waals surface area contributed by atoms with E-state index in [1.54, 1.807) is 0 Å². The van der Waals surface area contributed by atoms with Crippen LogP contribution in [0.2, 0.25) is 0 Å². The number of rotatable bonds is 11. The number of carboxylic acid groups (broad SMARTS) is 1. The van der Waals surface area contributed by atoms with E-state index in [1.807, 2.05) is 60.7 Å². The second kappa shape index (κ2) is 11.6. The summed E-state index contributed by atoms with van der Waals surface area (Å²) in [6, 6.07) is 15.4. The summed E-state index contributed by atoms with van der Waals surface area (Å²) in [6.07, 6.45) is 3.45. The fourth-order valence-corrected chi connectivity index (χ4v) is 3.39. The van der Waals surface area contributed by atoms with Crippen LogP contribution in [0.4, 0.5) is 0 Å². The fourth-order valence-electron chi connectivity index (χ4n) is 3.39. The lowest BCUT2D eigenvalue weighted by Gasteiger charge is -2.23. The third kappa shape index (κ3) is 7.29. The van der Waals surface area contributed by atoms with Crippen LogP contribution in [-0.4, -0.2) is 51.0 Å². The van der Waals surface area contributed by atoms with Crippen molar-refractivity contribution in [2.45, 2.75) is 37.4 Å². The van der Waals surface area contributed by atoms with Crippen molar-refractivity contribution in [3.63, 3.8) is 0 Å². The number of nitrogens with two attached hydrogens (primary N) is 1. The van der Waals surface area contributed by atoms with Crippen LogP contribution in [0.25, 0.3) is 0 Å². The van der Waals surface area contributed by atoms with Gasteiger partial charge in [0, 0.05) is 24.7 Å². The summed E-state index contributed by atoms with van der Waals surface area (Å²) in [6.45, 7) is 0. The zero-order valence-electron chi connectivity index (χ0n) is 18.0. The van der Waals surface area contributed by atoms with E-state index in [-0.39, 0.29) is 12.8 Å². The molecule has 0 bridgehead atoms. The van der Waals surface area contributed by atoms with Crippen LogP contribution in [0, 0.1) is 0 Å². The second-order valence-corrected chi connectivity index (χ2v) is 7.73. The molecule has 0 aliphatic heterocycles. The average molecular weight is 450 g/mol. The highest BCUT2D eigenvalue weighted by Gasteiger charge is 2.28. The lowest BCUT2D eigenvalue weighted by Crippen LogP contribution is -2.55. The highest BCUT2D eigenvalue weighted by molar-refractivity contribution is 5.92. The maximum atomic E-state index is 13.1. The van der Waals surface area contributed by atoms with E-state index in [9.17, 15) is 19.5 Å². The molecule has 0 aliphatic carbocycles. The molecule has 0 unspecified atom stereocenters. The lowest BCUT2D eigenvalue weighted by molar-refractivity contribution is -0.142. The summed E-state index contributed by atoms with van der Waals surface area (Å²) in [5.74, 6) is -2.29. The van der Waals surface area contributed by atoms with Crippen LogP contribution in [0.3, 0.4) is 0 Å². The number of carbonyl (C=O) groups is 3. The third-order valence-corrected chi connectivity index (χ3v) is 5.14. The number of nitrogens with one attached hydrogen (secondary N) is 3. The second-order valence-electron chi connectivity index (χ2n) is 7.73. The van der Waals surface area contributed by atoms with Gasteiger partial charge in [-0.05, 0) is 17.5 Å². The van der Waals surface area contributed by atoms with Gasteiger partial charge in [-0.3, -0.25) is 9.59 Å². The molecule has 9 heteroatoms. The molecule has 33 heavy (non-hydrogen) atoms. The minimum absolute atomic E-state index is 0.0284. The van der Waals surface area contributed by atoms with Gasteiger partial charge in [-0.25, -0.2) is 9.78 Å². The van der Waals surface area contributed by atoms with Crippen LogP contribution >= 0.6 is 0 Å². The van der Waals surface area contributed by atoms with E-state index < -0.39 is 35.9 Å². The topological polar surface area (TPSA) is 150 Å². The highest BCUT2D eigenvalue weighted by Crippen LogP contribution is 2.07. The largest absolute Gasteiger partial charge is 0.480 e. The Hall–Kier alpha value is -3.98. The predicted octanol–water partition coefficient (Wildman–Crippen LogP) is 0.819. The van der Waals surface area contributed by atoms with Gasteiger partial charge >= 0.3 is 5.97 Å². The Bertz CT molecular complexity index is 1040.